The van der Waals surface area contributed by atoms with Crippen molar-refractivity contribution < 1.29 is 33.7 Å². The molecule has 1 fully saturated rings. The molecule has 0 aliphatic carbocycles. The van der Waals surface area contributed by atoms with Crippen molar-refractivity contribution in [2.75, 3.05) is 18.1 Å². The Balaban J connectivity index is 1.65. The van der Waals surface area contributed by atoms with Crippen LogP contribution in [-0.2, 0) is 20.7 Å². The maximum atomic E-state index is 13.6. The summed E-state index contributed by atoms with van der Waals surface area (Å²) in [5.41, 5.74) is 2.11. The molecule has 2 aliphatic heterocycles. The SMILES string of the molecule is C=CCOC(=O)c1sc(N2C(=O)C(=O)/C(=C(/O)c3ccc4c(c3)CC(C)O4)C2c2cccc(OCCC)c2)nc1C. The predicted octanol–water partition coefficient (Wildman–Crippen LogP) is 5.53. The number of anilines is 1. The zero-order valence-corrected chi connectivity index (χ0v) is 23.8. The highest BCUT2D eigenvalue weighted by Gasteiger charge is 2.48. The van der Waals surface area contributed by atoms with Crippen LogP contribution in [0.5, 0.6) is 11.5 Å². The molecule has 0 spiro atoms. The summed E-state index contributed by atoms with van der Waals surface area (Å²) in [5, 5.41) is 11.7. The fourth-order valence-corrected chi connectivity index (χ4v) is 5.93. The van der Waals surface area contributed by atoms with Gasteiger partial charge in [-0.25, -0.2) is 9.78 Å². The molecule has 2 atom stereocenters. The fourth-order valence-electron chi connectivity index (χ4n) is 4.94. The van der Waals surface area contributed by atoms with Gasteiger partial charge >= 0.3 is 11.9 Å². The molecule has 3 heterocycles. The Hall–Kier alpha value is -4.44. The van der Waals surface area contributed by atoms with Gasteiger partial charge in [-0.1, -0.05) is 43.0 Å². The van der Waals surface area contributed by atoms with E-state index < -0.39 is 23.7 Å². The second-order valence-corrected chi connectivity index (χ2v) is 10.8. The molecule has 2 aliphatic rings. The number of benzene rings is 2. The first kappa shape index (κ1) is 28.1. The number of aliphatic hydroxyl groups excluding tert-OH is 1. The Morgan fingerprint density at radius 3 is 2.83 bits per heavy atom. The van der Waals surface area contributed by atoms with E-state index in [9.17, 15) is 19.5 Å². The summed E-state index contributed by atoms with van der Waals surface area (Å²) >= 11 is 0.945. The smallest absolute Gasteiger partial charge is 0.350 e. The molecule has 5 rings (SSSR count). The number of ketones is 1. The predicted molar refractivity (Wildman–Crippen MR) is 155 cm³/mol. The lowest BCUT2D eigenvalue weighted by Crippen LogP contribution is -2.29. The number of aliphatic hydroxyl groups is 1. The highest BCUT2D eigenvalue weighted by atomic mass is 32.1. The average Bonchev–Trinajstić information content (AvgIpc) is 3.61. The zero-order chi connectivity index (χ0) is 29.3. The molecule has 1 amide bonds. The number of aromatic nitrogens is 1. The Bertz CT molecular complexity index is 1570. The van der Waals surface area contributed by atoms with Crippen LogP contribution in [0.3, 0.4) is 0 Å². The highest BCUT2D eigenvalue weighted by molar-refractivity contribution is 7.17. The third-order valence-corrected chi connectivity index (χ3v) is 7.91. The third-order valence-electron chi connectivity index (χ3n) is 6.77. The van der Waals surface area contributed by atoms with Crippen molar-refractivity contribution in [3.63, 3.8) is 0 Å². The second-order valence-electron chi connectivity index (χ2n) is 9.84. The molecule has 2 aromatic carbocycles. The summed E-state index contributed by atoms with van der Waals surface area (Å²) in [6.07, 6.45) is 2.91. The van der Waals surface area contributed by atoms with Crippen LogP contribution >= 0.6 is 11.3 Å². The highest BCUT2D eigenvalue weighted by Crippen LogP contribution is 2.45. The minimum Gasteiger partial charge on any atom is -0.507 e. The van der Waals surface area contributed by atoms with Crippen LogP contribution in [0.25, 0.3) is 5.76 Å². The molecule has 9 nitrogen and oxygen atoms in total. The zero-order valence-electron chi connectivity index (χ0n) is 23.0. The van der Waals surface area contributed by atoms with Crippen molar-refractivity contribution in [2.24, 2.45) is 0 Å². The number of hydrogen-bond acceptors (Lipinski definition) is 9. The van der Waals surface area contributed by atoms with Gasteiger partial charge in [0.1, 0.15) is 34.8 Å². The summed E-state index contributed by atoms with van der Waals surface area (Å²) in [6, 6.07) is 11.2. The van der Waals surface area contributed by atoms with E-state index in [2.05, 4.69) is 11.6 Å². The van der Waals surface area contributed by atoms with Gasteiger partial charge in [-0.15, -0.1) is 0 Å². The number of amides is 1. The maximum Gasteiger partial charge on any atom is 0.350 e. The molecular formula is C31H30N2O7S. The number of ether oxygens (including phenoxy) is 3. The van der Waals surface area contributed by atoms with Gasteiger partial charge in [0.15, 0.2) is 5.13 Å². The summed E-state index contributed by atoms with van der Waals surface area (Å²) in [5.74, 6) is -1.36. The summed E-state index contributed by atoms with van der Waals surface area (Å²) in [4.78, 5) is 45.7. The number of Topliss-reactive ketones (excluding diaryl/α,β-unsaturated/α-hetero) is 1. The van der Waals surface area contributed by atoms with Gasteiger partial charge in [0, 0.05) is 12.0 Å². The van der Waals surface area contributed by atoms with E-state index in [1.165, 1.54) is 11.0 Å². The number of aryl methyl sites for hydroxylation is 1. The van der Waals surface area contributed by atoms with Gasteiger partial charge in [-0.05, 0) is 61.7 Å². The van der Waals surface area contributed by atoms with Crippen LogP contribution in [0.4, 0.5) is 5.13 Å². The van der Waals surface area contributed by atoms with Crippen molar-refractivity contribution in [1.29, 1.82) is 0 Å². The van der Waals surface area contributed by atoms with Crippen LogP contribution < -0.4 is 14.4 Å². The molecule has 0 bridgehead atoms. The summed E-state index contributed by atoms with van der Waals surface area (Å²) in [7, 11) is 0. The molecule has 1 N–H and O–H groups in total. The number of carbonyl (C=O) groups excluding carboxylic acids is 3. The molecule has 0 radical (unpaired) electrons. The molecule has 0 saturated carbocycles. The minimum atomic E-state index is -1.02. The van der Waals surface area contributed by atoms with E-state index in [0.717, 1.165) is 29.1 Å². The van der Waals surface area contributed by atoms with E-state index in [0.29, 0.717) is 35.6 Å². The molecule has 1 aromatic heterocycles. The first-order chi connectivity index (χ1) is 19.7. The molecule has 3 aromatic rings. The van der Waals surface area contributed by atoms with Gasteiger partial charge < -0.3 is 19.3 Å². The Morgan fingerprint density at radius 2 is 2.07 bits per heavy atom. The standard InChI is InChI=1S/C31H30N2O7S/c1-5-12-38-22-9-7-8-19(16-22)25-24(26(34)20-10-11-23-21(15-20)14-17(3)40-23)27(35)29(36)33(25)31-32-18(4)28(41-31)30(37)39-13-6-2/h6-11,15-17,25,34H,2,5,12-14H2,1,3-4H3/b26-24+. The van der Waals surface area contributed by atoms with Crippen molar-refractivity contribution in [3.05, 3.63) is 88.0 Å². The molecule has 2 unspecified atom stereocenters. The van der Waals surface area contributed by atoms with Crippen molar-refractivity contribution >= 4 is 39.9 Å². The van der Waals surface area contributed by atoms with Crippen LogP contribution in [0, 0.1) is 6.92 Å². The topological polar surface area (TPSA) is 115 Å². The van der Waals surface area contributed by atoms with E-state index in [1.807, 2.05) is 13.8 Å². The van der Waals surface area contributed by atoms with E-state index in [1.54, 1.807) is 49.4 Å². The Labute approximate surface area is 241 Å². The van der Waals surface area contributed by atoms with Gasteiger partial charge in [-0.2, -0.15) is 0 Å². The number of thiazole rings is 1. The Kier molecular flexibility index (Phi) is 7.94. The monoisotopic (exact) mass is 574 g/mol. The van der Waals surface area contributed by atoms with Gasteiger partial charge in [0.05, 0.1) is 23.9 Å². The first-order valence-electron chi connectivity index (χ1n) is 13.3. The molecular weight excluding hydrogens is 544 g/mol. The molecule has 41 heavy (non-hydrogen) atoms. The van der Waals surface area contributed by atoms with Gasteiger partial charge in [0.25, 0.3) is 5.78 Å². The fraction of sp³-hybridized carbons (Fsp3) is 0.290. The van der Waals surface area contributed by atoms with Crippen molar-refractivity contribution in [1.82, 2.24) is 4.98 Å². The lowest BCUT2D eigenvalue weighted by molar-refractivity contribution is -0.132. The van der Waals surface area contributed by atoms with Crippen LogP contribution in [-0.4, -0.2) is 47.1 Å². The maximum absolute atomic E-state index is 13.6. The summed E-state index contributed by atoms with van der Waals surface area (Å²) < 4.78 is 16.8. The Morgan fingerprint density at radius 1 is 1.27 bits per heavy atom. The van der Waals surface area contributed by atoms with Crippen LogP contribution in [0.15, 0.2) is 60.7 Å². The van der Waals surface area contributed by atoms with Crippen molar-refractivity contribution in [3.8, 4) is 11.5 Å². The van der Waals surface area contributed by atoms with Crippen LogP contribution in [0.1, 0.15) is 58.4 Å². The molecule has 10 heteroatoms. The van der Waals surface area contributed by atoms with E-state index >= 15 is 0 Å². The first-order valence-corrected chi connectivity index (χ1v) is 14.1. The van der Waals surface area contributed by atoms with Crippen molar-refractivity contribution in [2.45, 2.75) is 45.8 Å². The van der Waals surface area contributed by atoms with E-state index in [-0.39, 0.29) is 34.1 Å². The van der Waals surface area contributed by atoms with Crippen LogP contribution in [0.2, 0.25) is 0 Å². The minimum absolute atomic E-state index is 0.000606. The number of hydrogen-bond donors (Lipinski definition) is 1. The number of nitrogens with zero attached hydrogens (tertiary/aromatic N) is 2. The number of rotatable bonds is 9. The number of esters is 1. The lowest BCUT2D eigenvalue weighted by atomic mass is 9.94. The van der Waals surface area contributed by atoms with Gasteiger partial charge in [-0.3, -0.25) is 14.5 Å². The lowest BCUT2D eigenvalue weighted by Gasteiger charge is -2.23. The average molecular weight is 575 g/mol. The number of fused-ring (bicyclic) bond motifs is 1. The number of carbonyl (C=O) groups is 3. The molecule has 1 saturated heterocycles. The second kappa shape index (κ2) is 11.6. The van der Waals surface area contributed by atoms with Gasteiger partial charge in [0.2, 0.25) is 0 Å². The van der Waals surface area contributed by atoms with E-state index in [4.69, 9.17) is 14.2 Å². The normalized spacial score (nSPS) is 19.1. The quantitative estimate of drug-likeness (QED) is 0.117. The largest absolute Gasteiger partial charge is 0.507 e. The molecule has 212 valence electrons. The third kappa shape index (κ3) is 5.35. The summed E-state index contributed by atoms with van der Waals surface area (Å²) in [6.45, 7) is 9.63.